The highest BCUT2D eigenvalue weighted by Crippen LogP contribution is 2.24. The number of allylic oxidation sites excluding steroid dienone is 2. The standard InChI is InChI=1S/C15H20N2O2/c1-3-5-11-9-17(10-12(11)6-4-2)13-7-8-14(18)16-15(13)19/h3-6,13H,7-10H2,1-2H3,(H,16,18,19)/b5-3-,6-4-. The smallest absolute Gasteiger partial charge is 0.243 e. The Balaban J connectivity index is 2.10. The Labute approximate surface area is 113 Å². The molecule has 0 aromatic carbocycles. The molecule has 0 bridgehead atoms. The number of nitrogens with zero attached hydrogens (tertiary/aromatic N) is 1. The number of nitrogens with one attached hydrogen (secondary N) is 1. The largest absolute Gasteiger partial charge is 0.295 e. The van der Waals surface area contributed by atoms with E-state index in [4.69, 9.17) is 0 Å². The van der Waals surface area contributed by atoms with Crippen LogP contribution in [0.15, 0.2) is 35.5 Å². The summed E-state index contributed by atoms with van der Waals surface area (Å²) in [5.41, 5.74) is 2.51. The summed E-state index contributed by atoms with van der Waals surface area (Å²) in [7, 11) is 0. The number of amides is 2. The average Bonchev–Trinajstić information content (AvgIpc) is 2.73. The molecule has 1 saturated heterocycles. The second kappa shape index (κ2) is 5.97. The summed E-state index contributed by atoms with van der Waals surface area (Å²) in [6.45, 7) is 5.54. The van der Waals surface area contributed by atoms with Crippen molar-refractivity contribution in [2.24, 2.45) is 0 Å². The van der Waals surface area contributed by atoms with Gasteiger partial charge < -0.3 is 0 Å². The van der Waals surface area contributed by atoms with E-state index in [0.29, 0.717) is 12.8 Å². The molecule has 19 heavy (non-hydrogen) atoms. The molecule has 0 aliphatic carbocycles. The number of rotatable bonds is 3. The SMILES string of the molecule is C/C=C\C1=C(/C=C\C)CN(C2CCC(=O)NC2=O)C1. The van der Waals surface area contributed by atoms with Gasteiger partial charge >= 0.3 is 0 Å². The van der Waals surface area contributed by atoms with Gasteiger partial charge in [0.15, 0.2) is 0 Å². The third-order valence-corrected chi connectivity index (χ3v) is 3.55. The van der Waals surface area contributed by atoms with Crippen LogP contribution in [-0.4, -0.2) is 35.8 Å². The fraction of sp³-hybridized carbons (Fsp3) is 0.467. The van der Waals surface area contributed by atoms with Gasteiger partial charge in [0.1, 0.15) is 0 Å². The van der Waals surface area contributed by atoms with Crippen molar-refractivity contribution in [1.82, 2.24) is 10.2 Å². The molecule has 4 heteroatoms. The van der Waals surface area contributed by atoms with Gasteiger partial charge in [-0.2, -0.15) is 0 Å². The Hall–Kier alpha value is -1.68. The minimum atomic E-state index is -0.180. The molecule has 0 radical (unpaired) electrons. The van der Waals surface area contributed by atoms with Crippen LogP contribution in [0.4, 0.5) is 0 Å². The molecule has 1 atom stereocenters. The molecule has 4 nitrogen and oxygen atoms in total. The first-order valence-corrected chi connectivity index (χ1v) is 6.71. The average molecular weight is 260 g/mol. The lowest BCUT2D eigenvalue weighted by molar-refractivity contribution is -0.137. The number of carbonyl (C=O) groups is 2. The van der Waals surface area contributed by atoms with E-state index in [9.17, 15) is 9.59 Å². The lowest BCUT2D eigenvalue weighted by Gasteiger charge is -2.29. The molecular weight excluding hydrogens is 240 g/mol. The summed E-state index contributed by atoms with van der Waals surface area (Å²) in [5.74, 6) is -0.312. The third-order valence-electron chi connectivity index (χ3n) is 3.55. The molecule has 2 rings (SSSR count). The molecule has 0 aromatic heterocycles. The fourth-order valence-corrected chi connectivity index (χ4v) is 2.67. The molecule has 2 aliphatic rings. The van der Waals surface area contributed by atoms with Crippen molar-refractivity contribution < 1.29 is 9.59 Å². The van der Waals surface area contributed by atoms with Crippen molar-refractivity contribution in [3.63, 3.8) is 0 Å². The van der Waals surface area contributed by atoms with Crippen molar-refractivity contribution in [1.29, 1.82) is 0 Å². The summed E-state index contributed by atoms with van der Waals surface area (Å²) in [6.07, 6.45) is 9.30. The Morgan fingerprint density at radius 1 is 1.11 bits per heavy atom. The predicted molar refractivity (Wildman–Crippen MR) is 74.4 cm³/mol. The van der Waals surface area contributed by atoms with Crippen molar-refractivity contribution in [3.05, 3.63) is 35.5 Å². The zero-order valence-electron chi connectivity index (χ0n) is 11.5. The summed E-state index contributed by atoms with van der Waals surface area (Å²) >= 11 is 0. The normalized spacial score (nSPS) is 25.9. The first kappa shape index (κ1) is 13.7. The van der Waals surface area contributed by atoms with Gasteiger partial charge in [-0.25, -0.2) is 0 Å². The zero-order chi connectivity index (χ0) is 13.8. The van der Waals surface area contributed by atoms with Gasteiger partial charge in [-0.05, 0) is 31.4 Å². The Morgan fingerprint density at radius 3 is 2.16 bits per heavy atom. The maximum absolute atomic E-state index is 11.9. The van der Waals surface area contributed by atoms with E-state index in [-0.39, 0.29) is 17.9 Å². The highest BCUT2D eigenvalue weighted by atomic mass is 16.2. The molecule has 2 heterocycles. The van der Waals surface area contributed by atoms with Crippen LogP contribution in [0.25, 0.3) is 0 Å². The van der Waals surface area contributed by atoms with E-state index < -0.39 is 0 Å². The van der Waals surface area contributed by atoms with Crippen LogP contribution in [0.3, 0.4) is 0 Å². The molecule has 1 fully saturated rings. The molecular formula is C15H20N2O2. The quantitative estimate of drug-likeness (QED) is 0.783. The molecule has 2 amide bonds. The van der Waals surface area contributed by atoms with Crippen LogP contribution in [0.2, 0.25) is 0 Å². The minimum Gasteiger partial charge on any atom is -0.295 e. The van der Waals surface area contributed by atoms with Gasteiger partial charge in [-0.15, -0.1) is 0 Å². The van der Waals surface area contributed by atoms with Crippen molar-refractivity contribution >= 4 is 11.8 Å². The van der Waals surface area contributed by atoms with Crippen LogP contribution >= 0.6 is 0 Å². The Kier molecular flexibility index (Phi) is 4.32. The molecule has 1 N–H and O–H groups in total. The second-order valence-electron chi connectivity index (χ2n) is 4.92. The van der Waals surface area contributed by atoms with Crippen molar-refractivity contribution in [2.45, 2.75) is 32.7 Å². The number of piperidine rings is 1. The van der Waals surface area contributed by atoms with E-state index in [1.54, 1.807) is 0 Å². The van der Waals surface area contributed by atoms with Crippen molar-refractivity contribution in [3.8, 4) is 0 Å². The molecule has 0 aromatic rings. The summed E-state index contributed by atoms with van der Waals surface area (Å²) in [4.78, 5) is 25.2. The van der Waals surface area contributed by atoms with Gasteiger partial charge in [0, 0.05) is 19.5 Å². The van der Waals surface area contributed by atoms with Crippen LogP contribution < -0.4 is 5.32 Å². The highest BCUT2D eigenvalue weighted by molar-refractivity contribution is 6.00. The Bertz CT molecular complexity index is 451. The van der Waals surface area contributed by atoms with Gasteiger partial charge in [0.2, 0.25) is 11.8 Å². The minimum absolute atomic E-state index is 0.155. The van der Waals surface area contributed by atoms with E-state index in [1.807, 2.05) is 26.0 Å². The lowest BCUT2D eigenvalue weighted by atomic mass is 10.0. The molecule has 0 saturated carbocycles. The lowest BCUT2D eigenvalue weighted by Crippen LogP contribution is -2.52. The van der Waals surface area contributed by atoms with Crippen LogP contribution in [0.5, 0.6) is 0 Å². The first-order valence-electron chi connectivity index (χ1n) is 6.71. The van der Waals surface area contributed by atoms with Gasteiger partial charge in [0.05, 0.1) is 6.04 Å². The number of hydrogen-bond acceptors (Lipinski definition) is 3. The highest BCUT2D eigenvalue weighted by Gasteiger charge is 2.34. The maximum atomic E-state index is 11.9. The first-order chi connectivity index (χ1) is 9.15. The van der Waals surface area contributed by atoms with Gasteiger partial charge in [-0.3, -0.25) is 19.8 Å². The predicted octanol–water partition coefficient (Wildman–Crippen LogP) is 1.56. The summed E-state index contributed by atoms with van der Waals surface area (Å²) in [6, 6.07) is -0.180. The topological polar surface area (TPSA) is 49.4 Å². The second-order valence-corrected chi connectivity index (χ2v) is 4.92. The van der Waals surface area contributed by atoms with Gasteiger partial charge in [-0.1, -0.05) is 24.3 Å². The van der Waals surface area contributed by atoms with Gasteiger partial charge in [0.25, 0.3) is 0 Å². The van der Waals surface area contributed by atoms with E-state index >= 15 is 0 Å². The molecule has 1 unspecified atom stereocenters. The van der Waals surface area contributed by atoms with E-state index in [1.165, 1.54) is 11.1 Å². The number of hydrogen-bond donors (Lipinski definition) is 1. The molecule has 0 spiro atoms. The third kappa shape index (κ3) is 3.01. The summed E-state index contributed by atoms with van der Waals surface area (Å²) in [5, 5.41) is 2.43. The molecule has 102 valence electrons. The zero-order valence-corrected chi connectivity index (χ0v) is 11.5. The van der Waals surface area contributed by atoms with Crippen LogP contribution in [0.1, 0.15) is 26.7 Å². The monoisotopic (exact) mass is 260 g/mol. The van der Waals surface area contributed by atoms with Crippen molar-refractivity contribution in [2.75, 3.05) is 13.1 Å². The maximum Gasteiger partial charge on any atom is 0.243 e. The van der Waals surface area contributed by atoms with E-state index in [2.05, 4.69) is 22.4 Å². The number of carbonyl (C=O) groups excluding carboxylic acids is 2. The summed E-state index contributed by atoms with van der Waals surface area (Å²) < 4.78 is 0. The fourth-order valence-electron chi connectivity index (χ4n) is 2.67. The van der Waals surface area contributed by atoms with E-state index in [0.717, 1.165) is 13.1 Å². The van der Waals surface area contributed by atoms with Crippen LogP contribution in [0, 0.1) is 0 Å². The Morgan fingerprint density at radius 2 is 1.68 bits per heavy atom. The number of imide groups is 1. The van der Waals surface area contributed by atoms with Crippen LogP contribution in [-0.2, 0) is 9.59 Å². The molecule has 2 aliphatic heterocycles.